The summed E-state index contributed by atoms with van der Waals surface area (Å²) in [6.07, 6.45) is 2.58. The molecule has 1 aromatic carbocycles. The maximum atomic E-state index is 10.8. The van der Waals surface area contributed by atoms with Crippen LogP contribution in [-0.2, 0) is 9.59 Å². The lowest BCUT2D eigenvalue weighted by Crippen LogP contribution is -2.08. The molecule has 0 unspecified atom stereocenters. The Hall–Kier alpha value is -2.10. The summed E-state index contributed by atoms with van der Waals surface area (Å²) < 4.78 is 5.45. The Balaban J connectivity index is 2.68. The van der Waals surface area contributed by atoms with Crippen LogP contribution in [0.2, 0.25) is 0 Å². The van der Waals surface area contributed by atoms with E-state index in [4.69, 9.17) is 9.84 Å². The largest absolute Gasteiger partial charge is 0.491 e. The number of hydrogen-bond donors (Lipinski definition) is 1. The Bertz CT molecular complexity index is 429. The smallest absolute Gasteiger partial charge is 0.376 e. The van der Waals surface area contributed by atoms with Crippen LogP contribution < -0.4 is 4.74 Å². The van der Waals surface area contributed by atoms with E-state index < -0.39 is 11.8 Å². The Labute approximate surface area is 99.5 Å². The van der Waals surface area contributed by atoms with Crippen molar-refractivity contribution in [3.63, 3.8) is 0 Å². The van der Waals surface area contributed by atoms with Crippen molar-refractivity contribution in [3.8, 4) is 5.75 Å². The van der Waals surface area contributed by atoms with E-state index in [0.29, 0.717) is 0 Å². The molecule has 0 aliphatic rings. The van der Waals surface area contributed by atoms with Crippen LogP contribution in [0, 0.1) is 0 Å². The minimum atomic E-state index is -1.46. The highest BCUT2D eigenvalue weighted by molar-refractivity contribution is 6.38. The highest BCUT2D eigenvalue weighted by atomic mass is 16.5. The number of rotatable bonds is 5. The summed E-state index contributed by atoms with van der Waals surface area (Å²) in [7, 11) is 0. The van der Waals surface area contributed by atoms with E-state index in [1.165, 1.54) is 6.08 Å². The summed E-state index contributed by atoms with van der Waals surface area (Å²) in [6, 6.07) is 7.04. The topological polar surface area (TPSA) is 63.6 Å². The molecule has 0 saturated carbocycles. The van der Waals surface area contributed by atoms with Crippen LogP contribution in [0.15, 0.2) is 30.3 Å². The van der Waals surface area contributed by atoms with Gasteiger partial charge in [0.05, 0.1) is 6.10 Å². The number of ketones is 1. The molecule has 0 fully saturated rings. The minimum Gasteiger partial charge on any atom is -0.491 e. The summed E-state index contributed by atoms with van der Waals surface area (Å²) >= 11 is 0. The molecule has 0 heterocycles. The third-order valence-corrected chi connectivity index (χ3v) is 1.89. The predicted molar refractivity (Wildman–Crippen MR) is 63.9 cm³/mol. The fourth-order valence-corrected chi connectivity index (χ4v) is 1.17. The predicted octanol–water partition coefficient (Wildman–Crippen LogP) is 2.14. The van der Waals surface area contributed by atoms with Crippen molar-refractivity contribution in [3.05, 3.63) is 35.9 Å². The molecule has 0 amide bonds. The molecule has 1 rings (SSSR count). The van der Waals surface area contributed by atoms with E-state index >= 15 is 0 Å². The fraction of sp³-hybridized carbons (Fsp3) is 0.231. The second-order valence-electron chi connectivity index (χ2n) is 3.74. The summed E-state index contributed by atoms with van der Waals surface area (Å²) in [4.78, 5) is 21.1. The first-order valence-corrected chi connectivity index (χ1v) is 5.21. The highest BCUT2D eigenvalue weighted by Gasteiger charge is 2.05. The monoisotopic (exact) mass is 234 g/mol. The van der Waals surface area contributed by atoms with Crippen LogP contribution in [0.5, 0.6) is 5.75 Å². The zero-order valence-electron chi connectivity index (χ0n) is 9.71. The first kappa shape index (κ1) is 13.0. The van der Waals surface area contributed by atoms with Crippen molar-refractivity contribution in [1.82, 2.24) is 0 Å². The van der Waals surface area contributed by atoms with Crippen molar-refractivity contribution in [1.29, 1.82) is 0 Å². The molecule has 0 bridgehead atoms. The average Bonchev–Trinajstić information content (AvgIpc) is 2.26. The number of aliphatic carboxylic acids is 1. The van der Waals surface area contributed by atoms with E-state index in [1.807, 2.05) is 13.8 Å². The van der Waals surface area contributed by atoms with Gasteiger partial charge in [0, 0.05) is 0 Å². The van der Waals surface area contributed by atoms with E-state index in [1.54, 1.807) is 24.3 Å². The molecule has 1 aromatic rings. The van der Waals surface area contributed by atoms with Gasteiger partial charge in [0.1, 0.15) is 5.75 Å². The average molecular weight is 234 g/mol. The Morgan fingerprint density at radius 1 is 1.24 bits per heavy atom. The number of benzene rings is 1. The second-order valence-corrected chi connectivity index (χ2v) is 3.74. The zero-order chi connectivity index (χ0) is 12.8. The first-order chi connectivity index (χ1) is 7.99. The van der Waals surface area contributed by atoms with Crippen molar-refractivity contribution in [2.45, 2.75) is 20.0 Å². The maximum Gasteiger partial charge on any atom is 0.376 e. The van der Waals surface area contributed by atoms with E-state index in [2.05, 4.69) is 0 Å². The lowest BCUT2D eigenvalue weighted by atomic mass is 10.2. The Morgan fingerprint density at radius 3 is 2.29 bits per heavy atom. The molecule has 0 spiro atoms. The van der Waals surface area contributed by atoms with Gasteiger partial charge in [-0.05, 0) is 37.6 Å². The molecule has 1 N–H and O–H groups in total. The minimum absolute atomic E-state index is 0.102. The lowest BCUT2D eigenvalue weighted by Gasteiger charge is -2.09. The second kappa shape index (κ2) is 5.84. The van der Waals surface area contributed by atoms with Crippen LogP contribution in [0.3, 0.4) is 0 Å². The molecule has 90 valence electrons. The number of ether oxygens (including phenoxy) is 1. The van der Waals surface area contributed by atoms with E-state index in [9.17, 15) is 9.59 Å². The standard InChI is InChI=1S/C13H14O4/c1-9(2)17-11-6-3-10(4-7-11)5-8-12(14)13(15)16/h3-9H,1-2H3,(H,15,16)/b8-5+. The number of carboxylic acids is 1. The fourth-order valence-electron chi connectivity index (χ4n) is 1.17. The van der Waals surface area contributed by atoms with Gasteiger partial charge in [-0.2, -0.15) is 0 Å². The highest BCUT2D eigenvalue weighted by Crippen LogP contribution is 2.14. The van der Waals surface area contributed by atoms with Gasteiger partial charge in [0.15, 0.2) is 0 Å². The molecule has 4 nitrogen and oxygen atoms in total. The van der Waals surface area contributed by atoms with Crippen molar-refractivity contribution in [2.24, 2.45) is 0 Å². The van der Waals surface area contributed by atoms with E-state index in [-0.39, 0.29) is 6.10 Å². The van der Waals surface area contributed by atoms with Crippen LogP contribution in [0.1, 0.15) is 19.4 Å². The van der Waals surface area contributed by atoms with Gasteiger partial charge < -0.3 is 9.84 Å². The van der Waals surface area contributed by atoms with Crippen molar-refractivity contribution in [2.75, 3.05) is 0 Å². The van der Waals surface area contributed by atoms with Gasteiger partial charge in [-0.25, -0.2) is 4.79 Å². The zero-order valence-corrected chi connectivity index (χ0v) is 9.71. The molecule has 0 atom stereocenters. The number of carbonyl (C=O) groups is 2. The molecule has 4 heteroatoms. The van der Waals surface area contributed by atoms with Gasteiger partial charge in [0.25, 0.3) is 5.78 Å². The van der Waals surface area contributed by atoms with Gasteiger partial charge in [0.2, 0.25) is 0 Å². The molecule has 0 aliphatic heterocycles. The van der Waals surface area contributed by atoms with E-state index in [0.717, 1.165) is 17.4 Å². The quantitative estimate of drug-likeness (QED) is 0.626. The van der Waals surface area contributed by atoms with Gasteiger partial charge >= 0.3 is 5.97 Å². The number of hydrogen-bond acceptors (Lipinski definition) is 3. The Kier molecular flexibility index (Phi) is 4.46. The van der Waals surface area contributed by atoms with Crippen LogP contribution in [-0.4, -0.2) is 23.0 Å². The maximum absolute atomic E-state index is 10.8. The summed E-state index contributed by atoms with van der Waals surface area (Å²) in [5.41, 5.74) is 0.746. The summed E-state index contributed by atoms with van der Waals surface area (Å²) in [6.45, 7) is 3.86. The number of carboxylic acid groups (broad SMARTS) is 1. The van der Waals surface area contributed by atoms with Gasteiger partial charge in [-0.15, -0.1) is 0 Å². The molecule has 0 aromatic heterocycles. The Morgan fingerprint density at radius 2 is 1.82 bits per heavy atom. The van der Waals surface area contributed by atoms with Crippen LogP contribution in [0.25, 0.3) is 6.08 Å². The first-order valence-electron chi connectivity index (χ1n) is 5.21. The lowest BCUT2D eigenvalue weighted by molar-refractivity contribution is -0.146. The molecule has 0 aliphatic carbocycles. The molecule has 0 radical (unpaired) electrons. The number of carbonyl (C=O) groups excluding carboxylic acids is 1. The molecule has 0 saturated heterocycles. The third-order valence-electron chi connectivity index (χ3n) is 1.89. The molecule has 17 heavy (non-hydrogen) atoms. The summed E-state index contributed by atoms with van der Waals surface area (Å²) in [5.74, 6) is -1.66. The normalized spacial score (nSPS) is 10.8. The van der Waals surface area contributed by atoms with Gasteiger partial charge in [-0.3, -0.25) is 4.79 Å². The third kappa shape index (κ3) is 4.51. The van der Waals surface area contributed by atoms with Crippen LogP contribution >= 0.6 is 0 Å². The van der Waals surface area contributed by atoms with Crippen molar-refractivity contribution >= 4 is 17.8 Å². The molecular formula is C13H14O4. The van der Waals surface area contributed by atoms with Crippen LogP contribution in [0.4, 0.5) is 0 Å². The van der Waals surface area contributed by atoms with Gasteiger partial charge in [-0.1, -0.05) is 18.2 Å². The summed E-state index contributed by atoms with van der Waals surface area (Å²) in [5, 5.41) is 8.38. The van der Waals surface area contributed by atoms with Crippen molar-refractivity contribution < 1.29 is 19.4 Å². The molecular weight excluding hydrogens is 220 g/mol. The SMILES string of the molecule is CC(C)Oc1ccc(/C=C/C(=O)C(=O)O)cc1.